The molecule has 3 rings (SSSR count). The summed E-state index contributed by atoms with van der Waals surface area (Å²) in [5.74, 6) is 1.55. The van der Waals surface area contributed by atoms with Crippen LogP contribution < -0.4 is 10.1 Å². The van der Waals surface area contributed by atoms with E-state index in [1.165, 1.54) is 23.4 Å². The number of thiazole rings is 1. The fourth-order valence-electron chi connectivity index (χ4n) is 2.65. The lowest BCUT2D eigenvalue weighted by Gasteiger charge is -2.20. The summed E-state index contributed by atoms with van der Waals surface area (Å²) < 4.78 is 5.68. The van der Waals surface area contributed by atoms with Gasteiger partial charge >= 0.3 is 0 Å². The molecular formula is C17H22N2OS. The number of nitrogens with one attached hydrogen (secondary N) is 1. The Bertz CT molecular complexity index is 571. The lowest BCUT2D eigenvalue weighted by molar-refractivity contribution is 0.242. The molecule has 0 unspecified atom stereocenters. The van der Waals surface area contributed by atoms with Crippen molar-refractivity contribution in [1.82, 2.24) is 10.3 Å². The number of aromatic nitrogens is 1. The average molecular weight is 302 g/mol. The van der Waals surface area contributed by atoms with Gasteiger partial charge in [-0.2, -0.15) is 0 Å². The van der Waals surface area contributed by atoms with Crippen molar-refractivity contribution < 1.29 is 4.74 Å². The zero-order valence-electron chi connectivity index (χ0n) is 12.6. The fraction of sp³-hybridized carbons (Fsp3) is 0.471. The van der Waals surface area contributed by atoms with Gasteiger partial charge in [0.2, 0.25) is 0 Å². The maximum absolute atomic E-state index is 5.68. The number of piperidine rings is 1. The van der Waals surface area contributed by atoms with Crippen molar-refractivity contribution in [2.75, 3.05) is 13.1 Å². The van der Waals surface area contributed by atoms with Gasteiger partial charge in [0.05, 0.1) is 16.8 Å². The fourth-order valence-corrected chi connectivity index (χ4v) is 3.65. The third-order valence-electron chi connectivity index (χ3n) is 3.73. The van der Waals surface area contributed by atoms with Crippen molar-refractivity contribution in [3.63, 3.8) is 0 Å². The first kappa shape index (κ1) is 14.5. The molecule has 2 heterocycles. The monoisotopic (exact) mass is 302 g/mol. The number of hydrogen-bond acceptors (Lipinski definition) is 4. The molecule has 0 spiro atoms. The van der Waals surface area contributed by atoms with E-state index in [1.54, 1.807) is 11.3 Å². The number of ether oxygens (including phenoxy) is 1. The van der Waals surface area contributed by atoms with Crippen LogP contribution in [0.25, 0.3) is 11.3 Å². The second-order valence-corrected chi connectivity index (χ2v) is 6.68. The van der Waals surface area contributed by atoms with Crippen LogP contribution in [-0.2, 0) is 0 Å². The topological polar surface area (TPSA) is 34.1 Å². The largest absolute Gasteiger partial charge is 0.491 e. The molecule has 112 valence electrons. The predicted molar refractivity (Wildman–Crippen MR) is 88.2 cm³/mol. The van der Waals surface area contributed by atoms with E-state index in [9.17, 15) is 0 Å². The van der Waals surface area contributed by atoms with Crippen molar-refractivity contribution in [2.24, 2.45) is 0 Å². The van der Waals surface area contributed by atoms with E-state index in [2.05, 4.69) is 22.8 Å². The maximum atomic E-state index is 5.68. The minimum Gasteiger partial charge on any atom is -0.491 e. The van der Waals surface area contributed by atoms with Gasteiger partial charge < -0.3 is 10.1 Å². The highest BCUT2D eigenvalue weighted by atomic mass is 32.1. The van der Waals surface area contributed by atoms with Crippen LogP contribution in [0.2, 0.25) is 0 Å². The highest BCUT2D eigenvalue weighted by molar-refractivity contribution is 7.10. The molecule has 0 atom stereocenters. The minimum absolute atomic E-state index is 0.210. The lowest BCUT2D eigenvalue weighted by atomic mass is 9.99. The van der Waals surface area contributed by atoms with Crippen molar-refractivity contribution in [3.8, 4) is 17.0 Å². The van der Waals surface area contributed by atoms with Crippen molar-refractivity contribution in [2.45, 2.75) is 38.7 Å². The summed E-state index contributed by atoms with van der Waals surface area (Å²) >= 11 is 1.80. The molecule has 1 N–H and O–H groups in total. The smallest absolute Gasteiger partial charge is 0.119 e. The second-order valence-electron chi connectivity index (χ2n) is 5.79. The van der Waals surface area contributed by atoms with E-state index < -0.39 is 0 Å². The Balaban J connectivity index is 1.73. The Morgan fingerprint density at radius 2 is 1.90 bits per heavy atom. The summed E-state index contributed by atoms with van der Waals surface area (Å²) in [7, 11) is 0. The molecule has 0 radical (unpaired) electrons. The van der Waals surface area contributed by atoms with Gasteiger partial charge in [0.1, 0.15) is 5.75 Å². The second kappa shape index (κ2) is 6.58. The third kappa shape index (κ3) is 3.63. The first-order valence-electron chi connectivity index (χ1n) is 7.65. The molecule has 21 heavy (non-hydrogen) atoms. The summed E-state index contributed by atoms with van der Waals surface area (Å²) in [5.41, 5.74) is 2.26. The molecule has 1 aliphatic rings. The minimum atomic E-state index is 0.210. The Labute approximate surface area is 130 Å². The van der Waals surface area contributed by atoms with Crippen molar-refractivity contribution >= 4 is 11.3 Å². The van der Waals surface area contributed by atoms with Gasteiger partial charge in [0.15, 0.2) is 0 Å². The number of benzene rings is 1. The average Bonchev–Trinajstić information content (AvgIpc) is 2.98. The molecule has 1 aromatic carbocycles. The summed E-state index contributed by atoms with van der Waals surface area (Å²) in [6.07, 6.45) is 2.61. The summed E-state index contributed by atoms with van der Waals surface area (Å²) in [4.78, 5) is 4.84. The first-order chi connectivity index (χ1) is 10.2. The highest BCUT2D eigenvalue weighted by Crippen LogP contribution is 2.31. The SMILES string of the molecule is CC(C)Oc1ccc(-c2csc(C3CCNCC3)n2)cc1. The molecule has 0 saturated carbocycles. The molecule has 0 bridgehead atoms. The number of rotatable bonds is 4. The molecule has 4 heteroatoms. The number of hydrogen-bond donors (Lipinski definition) is 1. The third-order valence-corrected chi connectivity index (χ3v) is 4.74. The summed E-state index contributed by atoms with van der Waals surface area (Å²) in [5, 5.41) is 6.87. The van der Waals surface area contributed by atoms with Crippen LogP contribution in [0.5, 0.6) is 5.75 Å². The Morgan fingerprint density at radius 3 is 2.57 bits per heavy atom. The van der Waals surface area contributed by atoms with Crippen LogP contribution in [0.15, 0.2) is 29.6 Å². The lowest BCUT2D eigenvalue weighted by Crippen LogP contribution is -2.26. The molecule has 0 aliphatic carbocycles. The highest BCUT2D eigenvalue weighted by Gasteiger charge is 2.18. The zero-order chi connectivity index (χ0) is 14.7. The van der Waals surface area contributed by atoms with E-state index >= 15 is 0 Å². The standard InChI is InChI=1S/C17H22N2OS/c1-12(2)20-15-5-3-13(4-6-15)16-11-21-17(19-16)14-7-9-18-10-8-14/h3-6,11-12,14,18H,7-10H2,1-2H3. The molecule has 1 fully saturated rings. The van der Waals surface area contributed by atoms with E-state index in [-0.39, 0.29) is 6.10 Å². The Kier molecular flexibility index (Phi) is 4.56. The van der Waals surface area contributed by atoms with E-state index in [1.807, 2.05) is 26.0 Å². The van der Waals surface area contributed by atoms with Crippen LogP contribution in [0.3, 0.4) is 0 Å². The van der Waals surface area contributed by atoms with Gasteiger partial charge in [-0.15, -0.1) is 11.3 Å². The first-order valence-corrected chi connectivity index (χ1v) is 8.53. The van der Waals surface area contributed by atoms with Crippen LogP contribution in [0.1, 0.15) is 37.6 Å². The molecule has 2 aromatic rings. The van der Waals surface area contributed by atoms with Crippen molar-refractivity contribution in [1.29, 1.82) is 0 Å². The number of nitrogens with zero attached hydrogens (tertiary/aromatic N) is 1. The molecule has 0 amide bonds. The quantitative estimate of drug-likeness (QED) is 0.924. The van der Waals surface area contributed by atoms with Crippen LogP contribution in [0, 0.1) is 0 Å². The summed E-state index contributed by atoms with van der Waals surface area (Å²) in [6, 6.07) is 8.25. The predicted octanol–water partition coefficient (Wildman–Crippen LogP) is 4.06. The van der Waals surface area contributed by atoms with Gasteiger partial charge in [-0.25, -0.2) is 4.98 Å². The normalized spacial score (nSPS) is 16.3. The van der Waals surface area contributed by atoms with E-state index in [0.717, 1.165) is 24.5 Å². The molecule has 1 aliphatic heterocycles. The maximum Gasteiger partial charge on any atom is 0.119 e. The van der Waals surface area contributed by atoms with E-state index in [4.69, 9.17) is 9.72 Å². The van der Waals surface area contributed by atoms with Crippen LogP contribution >= 0.6 is 11.3 Å². The van der Waals surface area contributed by atoms with Gasteiger partial charge in [-0.1, -0.05) is 0 Å². The molecule has 1 aromatic heterocycles. The van der Waals surface area contributed by atoms with Gasteiger partial charge in [0.25, 0.3) is 0 Å². The van der Waals surface area contributed by atoms with Crippen molar-refractivity contribution in [3.05, 3.63) is 34.7 Å². The van der Waals surface area contributed by atoms with Gasteiger partial charge in [-0.05, 0) is 64.0 Å². The van der Waals surface area contributed by atoms with E-state index in [0.29, 0.717) is 5.92 Å². The van der Waals surface area contributed by atoms with Gasteiger partial charge in [-0.3, -0.25) is 0 Å². The molecule has 1 saturated heterocycles. The van der Waals surface area contributed by atoms with Crippen LogP contribution in [-0.4, -0.2) is 24.2 Å². The zero-order valence-corrected chi connectivity index (χ0v) is 13.5. The molecular weight excluding hydrogens is 280 g/mol. The molecule has 3 nitrogen and oxygen atoms in total. The van der Waals surface area contributed by atoms with Gasteiger partial charge in [0, 0.05) is 16.9 Å². The Morgan fingerprint density at radius 1 is 1.19 bits per heavy atom. The Hall–Kier alpha value is -1.39. The van der Waals surface area contributed by atoms with Crippen LogP contribution in [0.4, 0.5) is 0 Å². The summed E-state index contributed by atoms with van der Waals surface area (Å²) in [6.45, 7) is 6.31.